The Labute approximate surface area is 114 Å². The van der Waals surface area contributed by atoms with Crippen LogP contribution in [0.15, 0.2) is 27.8 Å². The molecule has 0 radical (unpaired) electrons. The lowest BCUT2D eigenvalue weighted by molar-refractivity contribution is 0.394. The maximum absolute atomic E-state index is 8.49. The van der Waals surface area contributed by atoms with Gasteiger partial charge in [0.05, 0.1) is 26.0 Å². The molecule has 98 valence electrons. The summed E-state index contributed by atoms with van der Waals surface area (Å²) >= 11 is 1.19. The number of ether oxygens (including phenoxy) is 2. The quantitative estimate of drug-likeness (QED) is 0.776. The Morgan fingerprint density at radius 3 is 2.47 bits per heavy atom. The number of thioether (sulfide) groups is 1. The molecule has 0 spiro atoms. The van der Waals surface area contributed by atoms with Crippen molar-refractivity contribution in [1.82, 2.24) is 10.2 Å². The molecule has 0 saturated heterocycles. The molecule has 0 atom stereocenters. The predicted molar refractivity (Wildman–Crippen MR) is 69.2 cm³/mol. The van der Waals surface area contributed by atoms with Crippen LogP contribution in [0.2, 0.25) is 0 Å². The lowest BCUT2D eigenvalue weighted by Crippen LogP contribution is -1.88. The van der Waals surface area contributed by atoms with Gasteiger partial charge in [-0.05, 0) is 12.1 Å². The van der Waals surface area contributed by atoms with Crippen LogP contribution >= 0.6 is 11.8 Å². The molecule has 1 aromatic heterocycles. The predicted octanol–water partition coefficient (Wildman–Crippen LogP) is 2.37. The van der Waals surface area contributed by atoms with E-state index in [9.17, 15) is 0 Å². The first kappa shape index (κ1) is 13.2. The van der Waals surface area contributed by atoms with Crippen LogP contribution in [0.4, 0.5) is 0 Å². The van der Waals surface area contributed by atoms with Crippen LogP contribution in [-0.4, -0.2) is 30.2 Å². The Hall–Kier alpha value is -2.20. The van der Waals surface area contributed by atoms with Crippen LogP contribution in [0.5, 0.6) is 11.5 Å². The summed E-state index contributed by atoms with van der Waals surface area (Å²) in [5.41, 5.74) is 0.701. The maximum Gasteiger partial charge on any atom is 0.277 e. The minimum atomic E-state index is 0.267. The molecule has 0 aliphatic heterocycles. The zero-order chi connectivity index (χ0) is 13.7. The summed E-state index contributed by atoms with van der Waals surface area (Å²) in [6.45, 7) is 0. The largest absolute Gasteiger partial charge is 0.497 e. The lowest BCUT2D eigenvalue weighted by atomic mass is 10.2. The van der Waals surface area contributed by atoms with Gasteiger partial charge < -0.3 is 13.9 Å². The molecule has 6 nitrogen and oxygen atoms in total. The van der Waals surface area contributed by atoms with E-state index in [1.165, 1.54) is 11.8 Å². The van der Waals surface area contributed by atoms with E-state index in [2.05, 4.69) is 10.2 Å². The van der Waals surface area contributed by atoms with Crippen LogP contribution in [0.1, 0.15) is 0 Å². The maximum atomic E-state index is 8.49. The van der Waals surface area contributed by atoms with E-state index in [1.54, 1.807) is 32.4 Å². The van der Waals surface area contributed by atoms with Crippen molar-refractivity contribution in [3.63, 3.8) is 0 Å². The molecule has 0 unspecified atom stereocenters. The Bertz CT molecular complexity index is 584. The molecule has 0 aliphatic carbocycles. The monoisotopic (exact) mass is 277 g/mol. The highest BCUT2D eigenvalue weighted by atomic mass is 32.2. The van der Waals surface area contributed by atoms with Gasteiger partial charge in [-0.2, -0.15) is 5.26 Å². The molecule has 1 aromatic carbocycles. The molecule has 0 N–H and O–H groups in total. The van der Waals surface area contributed by atoms with Crippen molar-refractivity contribution in [2.45, 2.75) is 5.22 Å². The Balaban J connectivity index is 2.30. The van der Waals surface area contributed by atoms with Gasteiger partial charge in [-0.25, -0.2) is 0 Å². The normalized spacial score (nSPS) is 9.95. The van der Waals surface area contributed by atoms with E-state index in [0.717, 1.165) is 0 Å². The van der Waals surface area contributed by atoms with Crippen molar-refractivity contribution >= 4 is 11.8 Å². The number of hydrogen-bond acceptors (Lipinski definition) is 7. The number of rotatable bonds is 5. The molecular formula is C12H11N3O3S. The third kappa shape index (κ3) is 3.17. The summed E-state index contributed by atoms with van der Waals surface area (Å²) in [6.07, 6.45) is 0. The zero-order valence-corrected chi connectivity index (χ0v) is 11.2. The first-order valence-electron chi connectivity index (χ1n) is 5.33. The smallest absolute Gasteiger partial charge is 0.277 e. The van der Waals surface area contributed by atoms with E-state index in [-0.39, 0.29) is 5.75 Å². The third-order valence-corrected chi connectivity index (χ3v) is 2.95. The highest BCUT2D eigenvalue weighted by molar-refractivity contribution is 7.99. The Morgan fingerprint density at radius 1 is 1.21 bits per heavy atom. The standard InChI is InChI=1S/C12H11N3O3S/c1-16-9-5-8(6-10(7-9)17-2)11-14-15-12(18-11)19-4-3-13/h5-7H,4H2,1-2H3. The van der Waals surface area contributed by atoms with Crippen LogP contribution in [0.25, 0.3) is 11.5 Å². The first-order valence-corrected chi connectivity index (χ1v) is 6.32. The van der Waals surface area contributed by atoms with E-state index in [1.807, 2.05) is 6.07 Å². The molecule has 19 heavy (non-hydrogen) atoms. The fourth-order valence-electron chi connectivity index (χ4n) is 1.41. The number of benzene rings is 1. The second-order valence-corrected chi connectivity index (χ2v) is 4.35. The fraction of sp³-hybridized carbons (Fsp3) is 0.250. The van der Waals surface area contributed by atoms with E-state index in [0.29, 0.717) is 28.2 Å². The number of aromatic nitrogens is 2. The second kappa shape index (κ2) is 6.11. The Morgan fingerprint density at radius 2 is 1.89 bits per heavy atom. The van der Waals surface area contributed by atoms with Gasteiger partial charge in [0.1, 0.15) is 11.5 Å². The fourth-order valence-corrected chi connectivity index (χ4v) is 1.83. The van der Waals surface area contributed by atoms with Crippen LogP contribution in [0.3, 0.4) is 0 Å². The summed E-state index contributed by atoms with van der Waals surface area (Å²) in [4.78, 5) is 0. The molecule has 0 amide bonds. The number of nitriles is 1. The topological polar surface area (TPSA) is 81.2 Å². The van der Waals surface area contributed by atoms with Crippen LogP contribution < -0.4 is 9.47 Å². The van der Waals surface area contributed by atoms with Crippen molar-refractivity contribution in [3.8, 4) is 29.0 Å². The molecule has 2 rings (SSSR count). The van der Waals surface area contributed by atoms with Gasteiger partial charge in [0.15, 0.2) is 0 Å². The van der Waals surface area contributed by atoms with Gasteiger partial charge in [0.2, 0.25) is 5.89 Å². The van der Waals surface area contributed by atoms with E-state index < -0.39 is 0 Å². The molecule has 0 aliphatic rings. The summed E-state index contributed by atoms with van der Waals surface area (Å²) in [6, 6.07) is 7.30. The molecular weight excluding hydrogens is 266 g/mol. The first-order chi connectivity index (χ1) is 9.26. The summed E-state index contributed by atoms with van der Waals surface area (Å²) in [7, 11) is 3.14. The molecule has 1 heterocycles. The van der Waals surface area contributed by atoms with Crippen molar-refractivity contribution in [2.75, 3.05) is 20.0 Å². The van der Waals surface area contributed by atoms with Gasteiger partial charge in [0, 0.05) is 11.6 Å². The molecule has 0 bridgehead atoms. The minimum absolute atomic E-state index is 0.267. The van der Waals surface area contributed by atoms with Crippen LogP contribution in [0, 0.1) is 11.3 Å². The van der Waals surface area contributed by atoms with Crippen molar-refractivity contribution < 1.29 is 13.9 Å². The minimum Gasteiger partial charge on any atom is -0.497 e. The van der Waals surface area contributed by atoms with Gasteiger partial charge >= 0.3 is 0 Å². The van der Waals surface area contributed by atoms with Crippen molar-refractivity contribution in [3.05, 3.63) is 18.2 Å². The average molecular weight is 277 g/mol. The van der Waals surface area contributed by atoms with Gasteiger partial charge in [-0.3, -0.25) is 0 Å². The molecule has 0 fully saturated rings. The highest BCUT2D eigenvalue weighted by Gasteiger charge is 2.11. The molecule has 7 heteroatoms. The van der Waals surface area contributed by atoms with E-state index in [4.69, 9.17) is 19.2 Å². The third-order valence-electron chi connectivity index (χ3n) is 2.27. The van der Waals surface area contributed by atoms with Crippen LogP contribution in [-0.2, 0) is 0 Å². The van der Waals surface area contributed by atoms with Gasteiger partial charge in [0.25, 0.3) is 5.22 Å². The summed E-state index contributed by atoms with van der Waals surface area (Å²) < 4.78 is 15.8. The van der Waals surface area contributed by atoms with Gasteiger partial charge in [-0.1, -0.05) is 11.8 Å². The summed E-state index contributed by atoms with van der Waals surface area (Å²) in [5.74, 6) is 1.90. The van der Waals surface area contributed by atoms with Crippen molar-refractivity contribution in [2.24, 2.45) is 0 Å². The molecule has 2 aromatic rings. The second-order valence-electron chi connectivity index (χ2n) is 3.42. The Kier molecular flexibility index (Phi) is 4.26. The number of methoxy groups -OCH3 is 2. The van der Waals surface area contributed by atoms with Gasteiger partial charge in [-0.15, -0.1) is 10.2 Å². The number of nitrogens with zero attached hydrogens (tertiary/aromatic N) is 3. The molecule has 0 saturated carbocycles. The van der Waals surface area contributed by atoms with Crippen molar-refractivity contribution in [1.29, 1.82) is 5.26 Å². The highest BCUT2D eigenvalue weighted by Crippen LogP contribution is 2.30. The average Bonchev–Trinajstić information content (AvgIpc) is 2.93. The zero-order valence-electron chi connectivity index (χ0n) is 10.4. The lowest BCUT2D eigenvalue weighted by Gasteiger charge is -2.05. The SMILES string of the molecule is COc1cc(OC)cc(-c2nnc(SCC#N)o2)c1. The number of hydrogen-bond donors (Lipinski definition) is 0. The van der Waals surface area contributed by atoms with E-state index >= 15 is 0 Å². The summed E-state index contributed by atoms with van der Waals surface area (Å²) in [5, 5.41) is 16.6.